The first kappa shape index (κ1) is 17.4. The van der Waals surface area contributed by atoms with Gasteiger partial charge >= 0.3 is 6.18 Å². The molecule has 0 bridgehead atoms. The van der Waals surface area contributed by atoms with Gasteiger partial charge in [0.05, 0.1) is 17.5 Å². The molecule has 1 N–H and O–H groups in total. The highest BCUT2D eigenvalue weighted by molar-refractivity contribution is 5.79. The van der Waals surface area contributed by atoms with Crippen LogP contribution in [0.5, 0.6) is 0 Å². The van der Waals surface area contributed by atoms with Crippen molar-refractivity contribution >= 4 is 11.0 Å². The van der Waals surface area contributed by atoms with Gasteiger partial charge in [-0.25, -0.2) is 4.98 Å². The predicted molar refractivity (Wildman–Crippen MR) is 71.1 cm³/mol. The van der Waals surface area contributed by atoms with Gasteiger partial charge in [0.25, 0.3) is 0 Å². The fraction of sp³-hybridized carbons (Fsp3) is 0.538. The van der Waals surface area contributed by atoms with E-state index in [1.807, 2.05) is 27.7 Å². The Labute approximate surface area is 111 Å². The van der Waals surface area contributed by atoms with Crippen LogP contribution in [0.25, 0.3) is 11.0 Å². The van der Waals surface area contributed by atoms with Gasteiger partial charge in [0.1, 0.15) is 0 Å². The molecule has 0 spiro atoms. The van der Waals surface area contributed by atoms with Crippen molar-refractivity contribution in [1.82, 2.24) is 15.2 Å². The second kappa shape index (κ2) is 7.11. The zero-order chi connectivity index (χ0) is 15.2. The molecule has 0 aromatic carbocycles. The molecule has 2 heterocycles. The Bertz CT molecular complexity index is 516. The Morgan fingerprint density at radius 1 is 1.05 bits per heavy atom. The molecule has 0 aliphatic carbocycles. The van der Waals surface area contributed by atoms with Crippen LogP contribution in [0.1, 0.15) is 44.5 Å². The summed E-state index contributed by atoms with van der Waals surface area (Å²) in [6.07, 6.45) is -3.01. The molecule has 0 aliphatic heterocycles. The van der Waals surface area contributed by atoms with Crippen molar-refractivity contribution in [3.63, 3.8) is 0 Å². The van der Waals surface area contributed by atoms with Gasteiger partial charge in [0.2, 0.25) is 0 Å². The van der Waals surface area contributed by atoms with Crippen LogP contribution in [-0.2, 0) is 6.18 Å². The molecule has 0 atom stereocenters. The van der Waals surface area contributed by atoms with Crippen LogP contribution >= 0.6 is 0 Å². The number of fused-ring (bicyclic) bond motifs is 1. The van der Waals surface area contributed by atoms with Crippen molar-refractivity contribution in [2.75, 3.05) is 0 Å². The largest absolute Gasteiger partial charge is 0.418 e. The highest BCUT2D eigenvalue weighted by Crippen LogP contribution is 2.35. The monoisotopic (exact) mass is 275 g/mol. The van der Waals surface area contributed by atoms with Crippen molar-refractivity contribution in [3.8, 4) is 0 Å². The highest BCUT2D eigenvalue weighted by Gasteiger charge is 2.35. The average Bonchev–Trinajstić information content (AvgIpc) is 2.81. The maximum atomic E-state index is 12.7. The van der Waals surface area contributed by atoms with Gasteiger partial charge in [0.15, 0.2) is 5.65 Å². The number of pyridine rings is 1. The van der Waals surface area contributed by atoms with E-state index in [4.69, 9.17) is 0 Å². The van der Waals surface area contributed by atoms with Crippen LogP contribution in [0.15, 0.2) is 6.20 Å². The molecule has 0 aliphatic rings. The molecule has 6 heteroatoms. The Balaban J connectivity index is 0.000000741. The topological polar surface area (TPSA) is 41.6 Å². The van der Waals surface area contributed by atoms with Crippen LogP contribution in [-0.4, -0.2) is 15.2 Å². The van der Waals surface area contributed by atoms with Crippen molar-refractivity contribution in [2.24, 2.45) is 0 Å². The molecule has 0 fully saturated rings. The molecule has 0 radical (unpaired) electrons. The van der Waals surface area contributed by atoms with Crippen LogP contribution in [0.3, 0.4) is 0 Å². The second-order valence-corrected chi connectivity index (χ2v) is 3.33. The van der Waals surface area contributed by atoms with E-state index in [9.17, 15) is 13.2 Å². The zero-order valence-corrected chi connectivity index (χ0v) is 12.1. The predicted octanol–water partition coefficient (Wildman–Crippen LogP) is 4.65. The third-order valence-electron chi connectivity index (χ3n) is 2.32. The Hall–Kier alpha value is -1.59. The summed E-state index contributed by atoms with van der Waals surface area (Å²) >= 11 is 0. The van der Waals surface area contributed by atoms with Gasteiger partial charge in [0, 0.05) is 5.39 Å². The lowest BCUT2D eigenvalue weighted by molar-refractivity contribution is -0.138. The van der Waals surface area contributed by atoms with E-state index in [0.717, 1.165) is 0 Å². The molecule has 0 saturated carbocycles. The van der Waals surface area contributed by atoms with Crippen LogP contribution < -0.4 is 0 Å². The lowest BCUT2D eigenvalue weighted by Crippen LogP contribution is -2.11. The Morgan fingerprint density at radius 3 is 2.05 bits per heavy atom. The summed E-state index contributed by atoms with van der Waals surface area (Å²) in [5.74, 6) is 0. The molecule has 0 amide bonds. The smallest absolute Gasteiger partial charge is 0.261 e. The van der Waals surface area contributed by atoms with Crippen LogP contribution in [0, 0.1) is 13.8 Å². The first-order valence-corrected chi connectivity index (χ1v) is 6.28. The summed E-state index contributed by atoms with van der Waals surface area (Å²) in [5, 5.41) is 6.63. The van der Waals surface area contributed by atoms with E-state index in [0.29, 0.717) is 11.0 Å². The number of nitrogens with zero attached hydrogens (tertiary/aromatic N) is 2. The first-order valence-electron chi connectivity index (χ1n) is 6.28. The molecule has 0 unspecified atom stereocenters. The second-order valence-electron chi connectivity index (χ2n) is 3.33. The summed E-state index contributed by atoms with van der Waals surface area (Å²) in [6.45, 7) is 10.8. The quantitative estimate of drug-likeness (QED) is 0.760. The maximum Gasteiger partial charge on any atom is 0.418 e. The summed E-state index contributed by atoms with van der Waals surface area (Å²) in [4.78, 5) is 3.82. The van der Waals surface area contributed by atoms with Crippen molar-refractivity contribution in [3.05, 3.63) is 23.0 Å². The van der Waals surface area contributed by atoms with E-state index in [2.05, 4.69) is 15.2 Å². The molecule has 2 aromatic heterocycles. The minimum absolute atomic E-state index is 0.0308. The number of aromatic nitrogens is 3. The van der Waals surface area contributed by atoms with Gasteiger partial charge < -0.3 is 0 Å². The lowest BCUT2D eigenvalue weighted by atomic mass is 10.1. The highest BCUT2D eigenvalue weighted by atomic mass is 19.4. The van der Waals surface area contributed by atoms with Gasteiger partial charge in [-0.05, 0) is 19.4 Å². The van der Waals surface area contributed by atoms with Gasteiger partial charge in [-0.2, -0.15) is 18.3 Å². The lowest BCUT2D eigenvalue weighted by Gasteiger charge is -2.12. The number of hydrogen-bond acceptors (Lipinski definition) is 2. The van der Waals surface area contributed by atoms with E-state index < -0.39 is 11.7 Å². The summed E-state index contributed by atoms with van der Waals surface area (Å²) in [7, 11) is 0. The van der Waals surface area contributed by atoms with E-state index >= 15 is 0 Å². The molecule has 0 saturated heterocycles. The third-order valence-corrected chi connectivity index (χ3v) is 2.32. The third kappa shape index (κ3) is 3.68. The number of aromatic amines is 1. The number of rotatable bonds is 0. The molecule has 108 valence electrons. The first-order chi connectivity index (χ1) is 8.91. The fourth-order valence-electron chi connectivity index (χ4n) is 1.69. The summed E-state index contributed by atoms with van der Waals surface area (Å²) < 4.78 is 38.0. The molecule has 2 rings (SSSR count). The van der Waals surface area contributed by atoms with Crippen LogP contribution in [0.4, 0.5) is 13.2 Å². The Kier molecular flexibility index (Phi) is 6.52. The van der Waals surface area contributed by atoms with E-state index in [1.165, 1.54) is 20.0 Å². The number of aryl methyl sites for hydroxylation is 2. The minimum atomic E-state index is -4.37. The number of nitrogens with one attached hydrogen (secondary N) is 1. The van der Waals surface area contributed by atoms with E-state index in [-0.39, 0.29) is 11.3 Å². The Morgan fingerprint density at radius 2 is 1.58 bits per heavy atom. The average molecular weight is 275 g/mol. The fourth-order valence-corrected chi connectivity index (χ4v) is 1.69. The number of hydrogen-bond donors (Lipinski definition) is 1. The molecule has 3 nitrogen and oxygen atoms in total. The zero-order valence-electron chi connectivity index (χ0n) is 12.1. The maximum absolute atomic E-state index is 12.7. The standard InChI is InChI=1S/C9H8F3N3.2C2H6/c1-4-6-3-13-15-8(6)14-5(2)7(4)9(10,11)12;2*1-2/h3H,1-2H3,(H,13,14,15);2*1-2H3. The van der Waals surface area contributed by atoms with Gasteiger partial charge in [-0.1, -0.05) is 27.7 Å². The van der Waals surface area contributed by atoms with Gasteiger partial charge in [-0.3, -0.25) is 5.10 Å². The van der Waals surface area contributed by atoms with E-state index in [1.54, 1.807) is 0 Å². The molecular formula is C13H20F3N3. The normalized spacial score (nSPS) is 10.4. The molecule has 2 aromatic rings. The summed E-state index contributed by atoms with van der Waals surface area (Å²) in [6, 6.07) is 0. The molecule has 19 heavy (non-hydrogen) atoms. The number of halogens is 3. The van der Waals surface area contributed by atoms with Gasteiger partial charge in [-0.15, -0.1) is 0 Å². The van der Waals surface area contributed by atoms with Crippen LogP contribution in [0.2, 0.25) is 0 Å². The SMILES string of the molecule is CC.CC.Cc1nc2[nH]ncc2c(C)c1C(F)(F)F. The number of alkyl halides is 3. The minimum Gasteiger partial charge on any atom is -0.261 e. The van der Waals surface area contributed by atoms with Crippen molar-refractivity contribution in [2.45, 2.75) is 47.7 Å². The number of H-pyrrole nitrogens is 1. The van der Waals surface area contributed by atoms with Crippen molar-refractivity contribution < 1.29 is 13.2 Å². The summed E-state index contributed by atoms with van der Waals surface area (Å²) in [5.41, 5.74) is -0.148. The molecular weight excluding hydrogens is 255 g/mol. The van der Waals surface area contributed by atoms with Crippen molar-refractivity contribution in [1.29, 1.82) is 0 Å².